The Hall–Kier alpha value is -0.160. The molecule has 0 aromatic carbocycles. The average molecular weight is 163 g/mol. The molecule has 0 heterocycles. The number of ether oxygens (including phenoxy) is 1. The van der Waals surface area contributed by atoms with Crippen molar-refractivity contribution < 1.29 is 14.9 Å². The largest absolute Gasteiger partial charge is 0.394 e. The second kappa shape index (κ2) is 6.54. The molecule has 0 radical (unpaired) electrons. The number of hydrogen-bond acceptors (Lipinski definition) is 4. The molecule has 0 fully saturated rings. The fraction of sp³-hybridized carbons (Fsp3) is 1.00. The molecule has 0 spiro atoms. The minimum Gasteiger partial charge on any atom is -0.394 e. The van der Waals surface area contributed by atoms with Crippen molar-refractivity contribution in [3.05, 3.63) is 0 Å². The van der Waals surface area contributed by atoms with Gasteiger partial charge < -0.3 is 14.9 Å². The average Bonchev–Trinajstić information content (AvgIpc) is 1.97. The molecule has 0 aromatic heterocycles. The Bertz CT molecular complexity index is 87.8. The molecule has 0 bridgehead atoms. The summed E-state index contributed by atoms with van der Waals surface area (Å²) in [6, 6.07) is 0. The summed E-state index contributed by atoms with van der Waals surface area (Å²) in [7, 11) is 1.81. The summed E-state index contributed by atoms with van der Waals surface area (Å²) >= 11 is 0. The van der Waals surface area contributed by atoms with Crippen molar-refractivity contribution >= 4 is 0 Å². The third kappa shape index (κ3) is 6.25. The Balaban J connectivity index is 3.10. The predicted octanol–water partition coefficient (Wildman–Crippen LogP) is -0.735. The molecule has 0 aliphatic heterocycles. The van der Waals surface area contributed by atoms with Crippen LogP contribution in [-0.4, -0.2) is 54.8 Å². The van der Waals surface area contributed by atoms with E-state index in [9.17, 15) is 0 Å². The number of rotatable bonds is 6. The smallest absolute Gasteiger partial charge is 0.104 e. The van der Waals surface area contributed by atoms with Gasteiger partial charge in [0.15, 0.2) is 0 Å². The minimum absolute atomic E-state index is 0.0540. The van der Waals surface area contributed by atoms with Gasteiger partial charge in [-0.2, -0.15) is 0 Å². The lowest BCUT2D eigenvalue weighted by Gasteiger charge is -2.19. The maximum Gasteiger partial charge on any atom is 0.104 e. The lowest BCUT2D eigenvalue weighted by Crippen LogP contribution is -2.31. The van der Waals surface area contributed by atoms with Gasteiger partial charge in [-0.1, -0.05) is 0 Å². The normalized spacial score (nSPS) is 13.9. The van der Waals surface area contributed by atoms with Gasteiger partial charge >= 0.3 is 0 Å². The highest BCUT2D eigenvalue weighted by molar-refractivity contribution is 4.49. The van der Waals surface area contributed by atoms with Crippen LogP contribution in [0.15, 0.2) is 0 Å². The van der Waals surface area contributed by atoms with Crippen molar-refractivity contribution in [1.29, 1.82) is 0 Å². The molecular weight excluding hydrogens is 146 g/mol. The van der Waals surface area contributed by atoms with Crippen LogP contribution < -0.4 is 0 Å². The first-order valence-corrected chi connectivity index (χ1v) is 3.75. The second-order valence-corrected chi connectivity index (χ2v) is 2.45. The Morgan fingerprint density at radius 3 is 2.55 bits per heavy atom. The summed E-state index contributed by atoms with van der Waals surface area (Å²) in [6.07, 6.45) is -0.437. The summed E-state index contributed by atoms with van der Waals surface area (Å²) in [5, 5.41) is 17.4. The summed E-state index contributed by atoms with van der Waals surface area (Å²) in [5.74, 6) is 0. The van der Waals surface area contributed by atoms with E-state index in [1.807, 2.05) is 7.05 Å². The van der Waals surface area contributed by atoms with Crippen LogP contribution in [0.3, 0.4) is 0 Å². The third-order valence-corrected chi connectivity index (χ3v) is 1.46. The molecule has 1 atom stereocenters. The van der Waals surface area contributed by atoms with Gasteiger partial charge in [-0.05, 0) is 14.0 Å². The first-order valence-electron chi connectivity index (χ1n) is 3.75. The summed E-state index contributed by atoms with van der Waals surface area (Å²) in [4.78, 5) is 1.76. The van der Waals surface area contributed by atoms with Gasteiger partial charge in [0.25, 0.3) is 0 Å². The van der Waals surface area contributed by atoms with Gasteiger partial charge in [0.1, 0.15) is 6.23 Å². The fourth-order valence-corrected chi connectivity index (χ4v) is 0.562. The van der Waals surface area contributed by atoms with Crippen molar-refractivity contribution in [2.75, 3.05) is 33.4 Å². The number of likely N-dealkylation sites (N-methyl/N-ethyl adjacent to an activating group) is 1. The molecule has 11 heavy (non-hydrogen) atoms. The lowest BCUT2D eigenvalue weighted by atomic mass is 10.5. The van der Waals surface area contributed by atoms with E-state index in [-0.39, 0.29) is 6.61 Å². The molecule has 0 aromatic rings. The SMILES string of the molecule is CC(O)N(C)CCOCCO. The Labute approximate surface area is 67.4 Å². The van der Waals surface area contributed by atoms with E-state index in [0.29, 0.717) is 19.8 Å². The molecule has 0 amide bonds. The van der Waals surface area contributed by atoms with Crippen molar-refractivity contribution in [3.8, 4) is 0 Å². The Morgan fingerprint density at radius 2 is 2.09 bits per heavy atom. The number of hydrogen-bond donors (Lipinski definition) is 2. The monoisotopic (exact) mass is 163 g/mol. The molecule has 0 aliphatic carbocycles. The van der Waals surface area contributed by atoms with Gasteiger partial charge in [-0.15, -0.1) is 0 Å². The molecule has 0 saturated carbocycles. The van der Waals surface area contributed by atoms with Crippen molar-refractivity contribution in [1.82, 2.24) is 4.90 Å². The maximum absolute atomic E-state index is 9.00. The second-order valence-electron chi connectivity index (χ2n) is 2.45. The van der Waals surface area contributed by atoms with Crippen LogP contribution in [0.1, 0.15) is 6.92 Å². The fourth-order valence-electron chi connectivity index (χ4n) is 0.562. The highest BCUT2D eigenvalue weighted by atomic mass is 16.5. The lowest BCUT2D eigenvalue weighted by molar-refractivity contribution is 0.00947. The van der Waals surface area contributed by atoms with E-state index < -0.39 is 6.23 Å². The van der Waals surface area contributed by atoms with Crippen molar-refractivity contribution in [2.24, 2.45) is 0 Å². The van der Waals surface area contributed by atoms with Crippen LogP contribution in [-0.2, 0) is 4.74 Å². The topological polar surface area (TPSA) is 52.9 Å². The summed E-state index contributed by atoms with van der Waals surface area (Å²) < 4.78 is 5.00. The molecule has 4 heteroatoms. The zero-order valence-electron chi connectivity index (χ0n) is 7.16. The van der Waals surface area contributed by atoms with Crippen LogP contribution in [0.2, 0.25) is 0 Å². The van der Waals surface area contributed by atoms with Crippen molar-refractivity contribution in [3.63, 3.8) is 0 Å². The standard InChI is InChI=1S/C7H17NO3/c1-7(10)8(2)3-5-11-6-4-9/h7,9-10H,3-6H2,1-2H3. The highest BCUT2D eigenvalue weighted by Crippen LogP contribution is 1.89. The van der Waals surface area contributed by atoms with Gasteiger partial charge in [0, 0.05) is 6.54 Å². The van der Waals surface area contributed by atoms with Crippen molar-refractivity contribution in [2.45, 2.75) is 13.2 Å². The summed E-state index contributed by atoms with van der Waals surface area (Å²) in [5.41, 5.74) is 0. The van der Waals surface area contributed by atoms with Gasteiger partial charge in [0.05, 0.1) is 19.8 Å². The minimum atomic E-state index is -0.437. The van der Waals surface area contributed by atoms with Gasteiger partial charge in [-0.3, -0.25) is 4.90 Å². The van der Waals surface area contributed by atoms with Crippen LogP contribution in [0, 0.1) is 0 Å². The van der Waals surface area contributed by atoms with Gasteiger partial charge in [0.2, 0.25) is 0 Å². The van der Waals surface area contributed by atoms with E-state index >= 15 is 0 Å². The summed E-state index contributed by atoms with van der Waals surface area (Å²) in [6.45, 7) is 3.34. The van der Waals surface area contributed by atoms with E-state index in [4.69, 9.17) is 14.9 Å². The number of aliphatic hydroxyl groups excluding tert-OH is 2. The maximum atomic E-state index is 9.00. The zero-order valence-corrected chi connectivity index (χ0v) is 7.16. The van der Waals surface area contributed by atoms with E-state index in [1.54, 1.807) is 11.8 Å². The Morgan fingerprint density at radius 1 is 1.45 bits per heavy atom. The number of aliphatic hydroxyl groups is 2. The third-order valence-electron chi connectivity index (χ3n) is 1.46. The molecule has 0 saturated heterocycles. The van der Waals surface area contributed by atoms with E-state index in [2.05, 4.69) is 0 Å². The molecular formula is C7H17NO3. The van der Waals surface area contributed by atoms with Crippen LogP contribution >= 0.6 is 0 Å². The predicted molar refractivity (Wildman–Crippen MR) is 42.2 cm³/mol. The molecule has 1 unspecified atom stereocenters. The first kappa shape index (κ1) is 10.8. The highest BCUT2D eigenvalue weighted by Gasteiger charge is 2.02. The Kier molecular flexibility index (Phi) is 6.45. The molecule has 4 nitrogen and oxygen atoms in total. The first-order chi connectivity index (χ1) is 5.18. The van der Waals surface area contributed by atoms with E-state index in [1.165, 1.54) is 0 Å². The van der Waals surface area contributed by atoms with E-state index in [0.717, 1.165) is 0 Å². The molecule has 68 valence electrons. The van der Waals surface area contributed by atoms with Crippen LogP contribution in [0.5, 0.6) is 0 Å². The van der Waals surface area contributed by atoms with Crippen LogP contribution in [0.4, 0.5) is 0 Å². The molecule has 0 rings (SSSR count). The number of nitrogens with zero attached hydrogens (tertiary/aromatic N) is 1. The van der Waals surface area contributed by atoms with Crippen LogP contribution in [0.25, 0.3) is 0 Å². The molecule has 2 N–H and O–H groups in total. The molecule has 0 aliphatic rings. The van der Waals surface area contributed by atoms with Gasteiger partial charge in [-0.25, -0.2) is 0 Å². The zero-order chi connectivity index (χ0) is 8.69. The quantitative estimate of drug-likeness (QED) is 0.400.